The average Bonchev–Trinajstić information content (AvgIpc) is 3.64. The largest absolute Gasteiger partial charge is 0.512 e. The maximum atomic E-state index is 12.2. The first kappa shape index (κ1) is 43.2. The van der Waals surface area contributed by atoms with Crippen LogP contribution in [0.15, 0.2) is 71.5 Å². The van der Waals surface area contributed by atoms with Gasteiger partial charge in [0.15, 0.2) is 5.78 Å². The first-order valence-electron chi connectivity index (χ1n) is 19.4. The molecule has 0 amide bonds. The summed E-state index contributed by atoms with van der Waals surface area (Å²) in [5.74, 6) is 1.62. The van der Waals surface area contributed by atoms with Crippen molar-refractivity contribution in [1.82, 2.24) is 4.98 Å². The van der Waals surface area contributed by atoms with Crippen LogP contribution in [0.4, 0.5) is 0 Å². The minimum Gasteiger partial charge on any atom is -0.512 e. The van der Waals surface area contributed by atoms with Gasteiger partial charge in [-0.25, -0.2) is 0 Å². The van der Waals surface area contributed by atoms with Gasteiger partial charge in [0.25, 0.3) is 0 Å². The summed E-state index contributed by atoms with van der Waals surface area (Å²) >= 11 is 3.98. The Morgan fingerprint density at radius 2 is 1.55 bits per heavy atom. The summed E-state index contributed by atoms with van der Waals surface area (Å²) in [5, 5.41) is 16.0. The predicted octanol–water partition coefficient (Wildman–Crippen LogP) is 14.6. The van der Waals surface area contributed by atoms with Crippen LogP contribution in [0.3, 0.4) is 0 Å². The minimum atomic E-state index is -0.337. The number of benzene rings is 3. The summed E-state index contributed by atoms with van der Waals surface area (Å²) < 4.78 is 2.65. The van der Waals surface area contributed by atoms with Gasteiger partial charge in [0, 0.05) is 73.8 Å². The molecule has 0 aliphatic carbocycles. The molecule has 3 nitrogen and oxygen atoms in total. The number of hydrogen-bond donors (Lipinski definition) is 1. The Morgan fingerprint density at radius 1 is 0.906 bits per heavy atom. The average molecular weight is 927 g/mol. The molecular formula is C47H60IrNO2S2-. The number of fused-ring (bicyclic) bond motifs is 5. The van der Waals surface area contributed by atoms with Crippen LogP contribution in [-0.2, 0) is 30.3 Å². The van der Waals surface area contributed by atoms with Crippen LogP contribution in [0.5, 0.6) is 0 Å². The van der Waals surface area contributed by atoms with Gasteiger partial charge >= 0.3 is 0 Å². The van der Waals surface area contributed by atoms with Crippen molar-refractivity contribution in [2.75, 3.05) is 0 Å². The molecule has 287 valence electrons. The molecule has 6 rings (SSSR count). The van der Waals surface area contributed by atoms with Crippen LogP contribution in [0.25, 0.3) is 42.2 Å². The third kappa shape index (κ3) is 8.82. The SMILES string of the molecule is CC(C)CC1Sc2cc3c(cc2C1C)sc1c(-c2[c-]c4ccccc4c(C(C)(C)C)c2)nccc13.CCC(C)(CC)C(=O)/C=C(\O)C(C)(CC)CC.[Ir]. The number of thioether (sulfide) groups is 1. The molecule has 5 aromatic rings. The molecule has 53 heavy (non-hydrogen) atoms. The smallest absolute Gasteiger partial charge is 0.164 e. The number of allylic oxidation sites excluding steroid dienone is 2. The molecule has 3 aromatic carbocycles. The number of carbonyl (C=O) groups excluding carboxylic acids is 1. The molecular weight excluding hydrogens is 867 g/mol. The van der Waals surface area contributed by atoms with Crippen molar-refractivity contribution in [3.05, 3.63) is 83.8 Å². The number of ketones is 1. The Balaban J connectivity index is 0.000000299. The van der Waals surface area contributed by atoms with Gasteiger partial charge in [-0.05, 0) is 78.5 Å². The number of pyridine rings is 1. The maximum Gasteiger partial charge on any atom is 0.164 e. The van der Waals surface area contributed by atoms with Gasteiger partial charge in [-0.2, -0.15) is 0 Å². The van der Waals surface area contributed by atoms with Crippen LogP contribution in [0.2, 0.25) is 0 Å². The second kappa shape index (κ2) is 17.1. The van der Waals surface area contributed by atoms with Crippen molar-refractivity contribution in [2.45, 2.75) is 137 Å². The van der Waals surface area contributed by atoms with E-state index in [2.05, 4.69) is 108 Å². The molecule has 1 N–H and O–H groups in total. The topological polar surface area (TPSA) is 50.2 Å². The molecule has 0 saturated carbocycles. The Kier molecular flexibility index (Phi) is 14.0. The van der Waals surface area contributed by atoms with E-state index in [1.807, 2.05) is 59.1 Å². The molecule has 1 radical (unpaired) electrons. The van der Waals surface area contributed by atoms with Gasteiger partial charge in [0.05, 0.1) is 0 Å². The zero-order valence-electron chi connectivity index (χ0n) is 34.0. The van der Waals surface area contributed by atoms with E-state index in [0.29, 0.717) is 11.2 Å². The monoisotopic (exact) mass is 927 g/mol. The molecule has 0 spiro atoms. The normalized spacial score (nSPS) is 16.5. The number of thiophene rings is 1. The Hall–Kier alpha value is -2.50. The third-order valence-corrected chi connectivity index (χ3v) is 14.7. The van der Waals surface area contributed by atoms with Gasteiger partial charge in [0.1, 0.15) is 5.76 Å². The zero-order valence-corrected chi connectivity index (χ0v) is 38.0. The number of carbonyl (C=O) groups is 1. The summed E-state index contributed by atoms with van der Waals surface area (Å²) in [5.41, 5.74) is 4.47. The second-order valence-corrected chi connectivity index (χ2v) is 19.3. The molecule has 1 aliphatic heterocycles. The standard InChI is InChI=1S/C32H32NS2.C15H28O2.Ir/c1-18(2)13-27-19(3)24-16-29-25(17-28(24)34-27)23-11-12-33-30(31(23)35-29)21-14-20-9-7-8-10-22(20)26(15-21)32(4,5)6;1-7-14(5,8-2)12(16)11-13(17)15(6,9-3)10-4;/h7-12,15-19,27H,13H2,1-6H3;11,16H,7-10H2,1-6H3;/q-1;;/b;12-11-;. The van der Waals surface area contributed by atoms with Crippen LogP contribution < -0.4 is 0 Å². The van der Waals surface area contributed by atoms with Crippen molar-refractivity contribution >= 4 is 59.8 Å². The van der Waals surface area contributed by atoms with Crippen molar-refractivity contribution in [1.29, 1.82) is 0 Å². The Bertz CT molecular complexity index is 2100. The van der Waals surface area contributed by atoms with Gasteiger partial charge < -0.3 is 5.11 Å². The molecule has 2 unspecified atom stereocenters. The fourth-order valence-electron chi connectivity index (χ4n) is 7.24. The van der Waals surface area contributed by atoms with Crippen LogP contribution in [0.1, 0.15) is 132 Å². The summed E-state index contributed by atoms with van der Waals surface area (Å²) in [7, 11) is 0. The summed E-state index contributed by atoms with van der Waals surface area (Å²) in [6, 6.07) is 21.8. The van der Waals surface area contributed by atoms with E-state index >= 15 is 0 Å². The zero-order chi connectivity index (χ0) is 38.2. The predicted molar refractivity (Wildman–Crippen MR) is 228 cm³/mol. The van der Waals surface area contributed by atoms with E-state index in [1.165, 1.54) is 54.1 Å². The van der Waals surface area contributed by atoms with Crippen LogP contribution >= 0.6 is 23.1 Å². The van der Waals surface area contributed by atoms with Crippen molar-refractivity contribution in [2.24, 2.45) is 16.7 Å². The van der Waals surface area contributed by atoms with E-state index < -0.39 is 0 Å². The van der Waals surface area contributed by atoms with Crippen molar-refractivity contribution in [3.8, 4) is 11.3 Å². The first-order valence-corrected chi connectivity index (χ1v) is 21.1. The van der Waals surface area contributed by atoms with E-state index in [9.17, 15) is 9.90 Å². The molecule has 2 atom stereocenters. The first-order chi connectivity index (χ1) is 24.5. The molecule has 6 heteroatoms. The minimum absolute atomic E-state index is 0. The summed E-state index contributed by atoms with van der Waals surface area (Å²) in [6.07, 6.45) is 8.01. The molecule has 2 aromatic heterocycles. The number of aliphatic hydroxyl groups is 1. The number of aromatic nitrogens is 1. The van der Waals surface area contributed by atoms with Crippen LogP contribution in [-0.4, -0.2) is 21.1 Å². The number of rotatable bonds is 10. The summed E-state index contributed by atoms with van der Waals surface area (Å²) in [6.45, 7) is 26.0. The van der Waals surface area contributed by atoms with E-state index in [0.717, 1.165) is 48.2 Å². The van der Waals surface area contributed by atoms with Gasteiger partial charge in [-0.3, -0.25) is 9.78 Å². The fourth-order valence-corrected chi connectivity index (χ4v) is 10.2. The number of nitrogens with zero attached hydrogens (tertiary/aromatic N) is 1. The molecule has 3 heterocycles. The quantitative estimate of drug-likeness (QED) is 0.0861. The molecule has 0 bridgehead atoms. The van der Waals surface area contributed by atoms with Gasteiger partial charge in [0.2, 0.25) is 0 Å². The van der Waals surface area contributed by atoms with Gasteiger partial charge in [-0.1, -0.05) is 112 Å². The number of aliphatic hydroxyl groups excluding tert-OH is 1. The maximum absolute atomic E-state index is 12.2. The van der Waals surface area contributed by atoms with Crippen molar-refractivity contribution in [3.63, 3.8) is 0 Å². The van der Waals surface area contributed by atoms with E-state index in [-0.39, 0.29) is 47.9 Å². The fraction of sp³-hybridized carbons (Fsp3) is 0.489. The van der Waals surface area contributed by atoms with Crippen LogP contribution in [0, 0.1) is 22.8 Å². The third-order valence-electron chi connectivity index (χ3n) is 12.0. The second-order valence-electron chi connectivity index (χ2n) is 16.9. The summed E-state index contributed by atoms with van der Waals surface area (Å²) in [4.78, 5) is 18.6. The molecule has 0 fully saturated rings. The van der Waals surface area contributed by atoms with E-state index in [1.54, 1.807) is 0 Å². The van der Waals surface area contributed by atoms with Crippen molar-refractivity contribution < 1.29 is 30.0 Å². The van der Waals surface area contributed by atoms with E-state index in [4.69, 9.17) is 4.98 Å². The number of hydrogen-bond acceptors (Lipinski definition) is 5. The molecule has 1 aliphatic rings. The Labute approximate surface area is 341 Å². The Morgan fingerprint density at radius 3 is 2.15 bits per heavy atom. The molecule has 0 saturated heterocycles. The van der Waals surface area contributed by atoms with Gasteiger partial charge in [-0.15, -0.1) is 52.2 Å².